The number of nitrogens with zero attached hydrogens (tertiary/aromatic N) is 2. The van der Waals surface area contributed by atoms with Crippen LogP contribution in [0.2, 0.25) is 10.0 Å². The average Bonchev–Trinajstić information content (AvgIpc) is 2.94. The molecular weight excluding hydrogens is 375 g/mol. The van der Waals surface area contributed by atoms with E-state index in [4.69, 9.17) is 23.2 Å². The second kappa shape index (κ2) is 8.19. The van der Waals surface area contributed by atoms with Crippen LogP contribution in [-0.4, -0.2) is 28.4 Å². The van der Waals surface area contributed by atoms with Crippen LogP contribution in [0.3, 0.4) is 0 Å². The van der Waals surface area contributed by atoms with E-state index in [1.807, 2.05) is 19.9 Å². The monoisotopic (exact) mass is 390 g/mol. The number of rotatable bonds is 6. The molecule has 0 aliphatic rings. The van der Waals surface area contributed by atoms with Gasteiger partial charge in [0.05, 0.1) is 11.3 Å². The lowest BCUT2D eigenvalue weighted by Gasteiger charge is -2.18. The standard InChI is InChI=1S/C14H16Cl2N4OS2/c1-7(10-5-4-9(15)6-11(10)16)18-12(21)8(2)22-14-20-19-13(17-3)23-14/h4-8H,1-3H3,(H,17,19)(H,18,21)/t7-,8-/m0/s1. The second-order valence-electron chi connectivity index (χ2n) is 4.78. The summed E-state index contributed by atoms with van der Waals surface area (Å²) in [4.78, 5) is 12.3. The van der Waals surface area contributed by atoms with Gasteiger partial charge in [0.2, 0.25) is 11.0 Å². The zero-order valence-corrected chi connectivity index (χ0v) is 15.9. The Bertz CT molecular complexity index is 695. The molecule has 1 amide bonds. The third-order valence-corrected chi connectivity index (χ3v) is 5.74. The largest absolute Gasteiger partial charge is 0.363 e. The predicted molar refractivity (Wildman–Crippen MR) is 97.8 cm³/mol. The molecule has 5 nitrogen and oxygen atoms in total. The van der Waals surface area contributed by atoms with E-state index in [1.165, 1.54) is 23.1 Å². The molecule has 0 saturated heterocycles. The number of carbonyl (C=O) groups excluding carboxylic acids is 1. The van der Waals surface area contributed by atoms with Crippen LogP contribution in [0.25, 0.3) is 0 Å². The van der Waals surface area contributed by atoms with Gasteiger partial charge in [-0.1, -0.05) is 52.4 Å². The molecule has 1 heterocycles. The molecular formula is C14H16Cl2N4OS2. The van der Waals surface area contributed by atoms with E-state index >= 15 is 0 Å². The van der Waals surface area contributed by atoms with Gasteiger partial charge in [-0.25, -0.2) is 0 Å². The molecule has 2 aromatic rings. The van der Waals surface area contributed by atoms with Gasteiger partial charge in [0, 0.05) is 17.1 Å². The minimum atomic E-state index is -0.291. The van der Waals surface area contributed by atoms with Gasteiger partial charge in [-0.2, -0.15) is 0 Å². The Morgan fingerprint density at radius 3 is 2.65 bits per heavy atom. The van der Waals surface area contributed by atoms with Crippen molar-refractivity contribution in [2.24, 2.45) is 0 Å². The Kier molecular flexibility index (Phi) is 6.52. The first-order valence-electron chi connectivity index (χ1n) is 6.84. The first-order chi connectivity index (χ1) is 10.9. The molecule has 0 fully saturated rings. The van der Waals surface area contributed by atoms with Crippen molar-refractivity contribution in [3.05, 3.63) is 33.8 Å². The predicted octanol–water partition coefficient (Wildman–Crippen LogP) is 4.24. The van der Waals surface area contributed by atoms with E-state index in [0.717, 1.165) is 15.0 Å². The Labute approximate surface area is 153 Å². The molecule has 0 bridgehead atoms. The fourth-order valence-electron chi connectivity index (χ4n) is 1.82. The Balaban J connectivity index is 1.97. The normalized spacial score (nSPS) is 13.4. The van der Waals surface area contributed by atoms with Crippen LogP contribution in [0.1, 0.15) is 25.5 Å². The number of amides is 1. The molecule has 124 valence electrons. The maximum atomic E-state index is 12.3. The van der Waals surface area contributed by atoms with Crippen LogP contribution < -0.4 is 10.6 Å². The average molecular weight is 391 g/mol. The number of thioether (sulfide) groups is 1. The van der Waals surface area contributed by atoms with Gasteiger partial charge < -0.3 is 10.6 Å². The van der Waals surface area contributed by atoms with Gasteiger partial charge in [0.1, 0.15) is 0 Å². The highest BCUT2D eigenvalue weighted by molar-refractivity contribution is 8.02. The topological polar surface area (TPSA) is 66.9 Å². The molecule has 0 radical (unpaired) electrons. The SMILES string of the molecule is CNc1nnc(S[C@@H](C)C(=O)N[C@@H](C)c2ccc(Cl)cc2Cl)s1. The summed E-state index contributed by atoms with van der Waals surface area (Å²) in [5.74, 6) is -0.0882. The van der Waals surface area contributed by atoms with Gasteiger partial charge in [0.25, 0.3) is 0 Å². The van der Waals surface area contributed by atoms with Gasteiger partial charge in [-0.3, -0.25) is 4.79 Å². The summed E-state index contributed by atoms with van der Waals surface area (Å²) in [6.07, 6.45) is 0. The Hall–Kier alpha value is -1.02. The molecule has 23 heavy (non-hydrogen) atoms. The third-order valence-electron chi connectivity index (χ3n) is 3.05. The van der Waals surface area contributed by atoms with Crippen molar-refractivity contribution in [2.75, 3.05) is 12.4 Å². The van der Waals surface area contributed by atoms with E-state index in [2.05, 4.69) is 20.8 Å². The van der Waals surface area contributed by atoms with Crippen molar-refractivity contribution in [3.8, 4) is 0 Å². The summed E-state index contributed by atoms with van der Waals surface area (Å²) in [5.41, 5.74) is 0.829. The van der Waals surface area contributed by atoms with Crippen molar-refractivity contribution >= 4 is 57.3 Å². The number of carbonyl (C=O) groups is 1. The summed E-state index contributed by atoms with van der Waals surface area (Å²) in [7, 11) is 1.78. The smallest absolute Gasteiger partial charge is 0.233 e. The van der Waals surface area contributed by atoms with Crippen LogP contribution >= 0.6 is 46.3 Å². The molecule has 0 unspecified atom stereocenters. The summed E-state index contributed by atoms with van der Waals surface area (Å²) in [6.45, 7) is 3.71. The van der Waals surface area contributed by atoms with E-state index < -0.39 is 0 Å². The fourth-order valence-corrected chi connectivity index (χ4v) is 4.26. The maximum Gasteiger partial charge on any atom is 0.233 e. The summed E-state index contributed by atoms with van der Waals surface area (Å²) in [6, 6.07) is 5.03. The first kappa shape index (κ1) is 18.3. The molecule has 2 N–H and O–H groups in total. The molecule has 0 saturated carbocycles. The fraction of sp³-hybridized carbons (Fsp3) is 0.357. The van der Waals surface area contributed by atoms with Crippen molar-refractivity contribution in [1.82, 2.24) is 15.5 Å². The minimum absolute atomic E-state index is 0.0882. The number of nitrogens with one attached hydrogen (secondary N) is 2. The van der Waals surface area contributed by atoms with Crippen LogP contribution in [0.15, 0.2) is 22.5 Å². The molecule has 1 aromatic heterocycles. The third kappa shape index (κ3) is 4.97. The Morgan fingerprint density at radius 2 is 2.04 bits per heavy atom. The maximum absolute atomic E-state index is 12.3. The van der Waals surface area contributed by atoms with Crippen molar-refractivity contribution < 1.29 is 4.79 Å². The van der Waals surface area contributed by atoms with Crippen molar-refractivity contribution in [1.29, 1.82) is 0 Å². The van der Waals surface area contributed by atoms with E-state index in [9.17, 15) is 4.79 Å². The second-order valence-corrected chi connectivity index (χ2v) is 8.19. The van der Waals surface area contributed by atoms with Crippen molar-refractivity contribution in [3.63, 3.8) is 0 Å². The zero-order chi connectivity index (χ0) is 17.0. The zero-order valence-electron chi connectivity index (χ0n) is 12.8. The van der Waals surface area contributed by atoms with Gasteiger partial charge in [-0.05, 0) is 31.5 Å². The van der Waals surface area contributed by atoms with Gasteiger partial charge in [-0.15, -0.1) is 10.2 Å². The van der Waals surface area contributed by atoms with Crippen molar-refractivity contribution in [2.45, 2.75) is 29.5 Å². The van der Waals surface area contributed by atoms with E-state index in [0.29, 0.717) is 10.0 Å². The Morgan fingerprint density at radius 1 is 1.30 bits per heavy atom. The highest BCUT2D eigenvalue weighted by Crippen LogP contribution is 2.30. The lowest BCUT2D eigenvalue weighted by atomic mass is 10.1. The molecule has 0 aliphatic carbocycles. The van der Waals surface area contributed by atoms with Gasteiger partial charge >= 0.3 is 0 Å². The minimum Gasteiger partial charge on any atom is -0.363 e. The lowest BCUT2D eigenvalue weighted by Crippen LogP contribution is -2.33. The highest BCUT2D eigenvalue weighted by Gasteiger charge is 2.20. The number of hydrogen-bond donors (Lipinski definition) is 2. The number of hydrogen-bond acceptors (Lipinski definition) is 6. The summed E-state index contributed by atoms with van der Waals surface area (Å²) < 4.78 is 0.745. The van der Waals surface area contributed by atoms with Crippen LogP contribution in [-0.2, 0) is 4.79 Å². The molecule has 2 rings (SSSR count). The summed E-state index contributed by atoms with van der Waals surface area (Å²) >= 11 is 14.8. The van der Waals surface area contributed by atoms with Gasteiger partial charge in [0.15, 0.2) is 4.34 Å². The first-order valence-corrected chi connectivity index (χ1v) is 9.29. The van der Waals surface area contributed by atoms with Crippen LogP contribution in [0.5, 0.6) is 0 Å². The molecule has 0 aliphatic heterocycles. The number of aromatic nitrogens is 2. The van der Waals surface area contributed by atoms with Crippen LogP contribution in [0, 0.1) is 0 Å². The van der Waals surface area contributed by atoms with E-state index in [1.54, 1.807) is 19.2 Å². The lowest BCUT2D eigenvalue weighted by molar-refractivity contribution is -0.120. The summed E-state index contributed by atoms with van der Waals surface area (Å²) in [5, 5.41) is 15.4. The van der Waals surface area contributed by atoms with E-state index in [-0.39, 0.29) is 17.2 Å². The quantitative estimate of drug-likeness (QED) is 0.721. The molecule has 0 spiro atoms. The molecule has 1 aromatic carbocycles. The number of benzene rings is 1. The number of anilines is 1. The molecule has 2 atom stereocenters. The van der Waals surface area contributed by atoms with Crippen LogP contribution in [0.4, 0.5) is 5.13 Å². The number of halogens is 2. The molecule has 9 heteroatoms. The highest BCUT2D eigenvalue weighted by atomic mass is 35.5.